The third kappa shape index (κ3) is 7.47. The van der Waals surface area contributed by atoms with E-state index in [1.165, 1.54) is 16.7 Å². The van der Waals surface area contributed by atoms with E-state index in [9.17, 15) is 4.79 Å². The fourth-order valence-corrected chi connectivity index (χ4v) is 6.11. The average molecular weight is 611 g/mol. The molecule has 0 spiro atoms. The van der Waals surface area contributed by atoms with E-state index in [-0.39, 0.29) is 25.1 Å². The molecule has 0 radical (unpaired) electrons. The summed E-state index contributed by atoms with van der Waals surface area (Å²) in [4.78, 5) is 15.7. The number of halogens is 1. The molecule has 8 heteroatoms. The lowest BCUT2D eigenvalue weighted by Gasteiger charge is -2.25. The van der Waals surface area contributed by atoms with Crippen LogP contribution in [0.25, 0.3) is 0 Å². The summed E-state index contributed by atoms with van der Waals surface area (Å²) >= 11 is 6.93. The number of para-hydroxylation sites is 1. The standard InChI is InChI=1S/C36H39ClN4O3/c1-4-39-32-17-16-30(35(37)36(32)40-38)31(19-34(42)43-23-26-10-6-5-7-11-26)27-15-14-24(2)29(18-27)22-41-20-25(3)44-33-13-9-8-12-28(33)21-41/h5-18,25,31,38-39H,4,19-23H2,1-3H3/t25-,31-/m1/s1. The molecule has 0 amide bonds. The molecule has 0 aliphatic carbocycles. The second-order valence-electron chi connectivity index (χ2n) is 11.3. The monoisotopic (exact) mass is 610 g/mol. The molecule has 1 aliphatic rings. The highest BCUT2D eigenvalue weighted by molar-refractivity contribution is 6.34. The third-order valence-corrected chi connectivity index (χ3v) is 8.39. The predicted molar refractivity (Wildman–Crippen MR) is 175 cm³/mol. The first-order chi connectivity index (χ1) is 21.4. The molecule has 0 aromatic heterocycles. The summed E-state index contributed by atoms with van der Waals surface area (Å²) in [5.74, 6) is 0.217. The first-order valence-electron chi connectivity index (χ1n) is 15.1. The molecule has 0 saturated carbocycles. The number of nitrogens with zero attached hydrogens (tertiary/aromatic N) is 2. The third-order valence-electron chi connectivity index (χ3n) is 7.99. The van der Waals surface area contributed by atoms with Crippen LogP contribution in [0.1, 0.15) is 59.6 Å². The van der Waals surface area contributed by atoms with Crippen molar-refractivity contribution in [2.75, 3.05) is 18.4 Å². The smallest absolute Gasteiger partial charge is 0.307 e. The fraction of sp³-hybridized carbons (Fsp3) is 0.306. The molecule has 0 fully saturated rings. The summed E-state index contributed by atoms with van der Waals surface area (Å²) in [5.41, 5.74) is 15.0. The molecular formula is C36H39ClN4O3. The molecule has 4 aromatic carbocycles. The minimum atomic E-state index is -0.395. The number of nitrogens with one attached hydrogen (secondary N) is 2. The van der Waals surface area contributed by atoms with E-state index < -0.39 is 5.92 Å². The summed E-state index contributed by atoms with van der Waals surface area (Å²) in [5, 5.41) is 7.33. The van der Waals surface area contributed by atoms with Crippen LogP contribution in [0.4, 0.5) is 11.4 Å². The van der Waals surface area contributed by atoms with Crippen LogP contribution in [0.15, 0.2) is 90.0 Å². The molecule has 2 N–H and O–H groups in total. The van der Waals surface area contributed by atoms with E-state index >= 15 is 0 Å². The van der Waals surface area contributed by atoms with Crippen LogP contribution in [-0.2, 0) is 29.2 Å². The minimum Gasteiger partial charge on any atom is -0.489 e. The number of anilines is 1. The Morgan fingerprint density at radius 1 is 1.11 bits per heavy atom. The molecule has 7 nitrogen and oxygen atoms in total. The molecule has 44 heavy (non-hydrogen) atoms. The first-order valence-corrected chi connectivity index (χ1v) is 15.4. The molecule has 0 saturated heterocycles. The van der Waals surface area contributed by atoms with Crippen molar-refractivity contribution in [1.82, 2.24) is 4.90 Å². The van der Waals surface area contributed by atoms with Gasteiger partial charge in [-0.3, -0.25) is 9.69 Å². The highest BCUT2D eigenvalue weighted by Gasteiger charge is 2.26. The van der Waals surface area contributed by atoms with E-state index in [4.69, 9.17) is 26.6 Å². The van der Waals surface area contributed by atoms with Gasteiger partial charge in [-0.1, -0.05) is 84.4 Å². The number of hydrogen-bond acceptors (Lipinski definition) is 7. The Hall–Kier alpha value is -4.20. The zero-order chi connectivity index (χ0) is 31.1. The molecule has 0 bridgehead atoms. The number of esters is 1. The van der Waals surface area contributed by atoms with Crippen molar-refractivity contribution in [1.29, 1.82) is 5.53 Å². The van der Waals surface area contributed by atoms with E-state index in [1.807, 2.05) is 67.6 Å². The van der Waals surface area contributed by atoms with Crippen LogP contribution in [-0.4, -0.2) is 30.1 Å². The van der Waals surface area contributed by atoms with Gasteiger partial charge in [0.25, 0.3) is 0 Å². The Morgan fingerprint density at radius 3 is 2.66 bits per heavy atom. The average Bonchev–Trinajstić information content (AvgIpc) is 3.18. The van der Waals surface area contributed by atoms with Crippen LogP contribution >= 0.6 is 11.6 Å². The molecular weight excluding hydrogens is 572 g/mol. The van der Waals surface area contributed by atoms with Gasteiger partial charge in [0.15, 0.2) is 0 Å². The SMILES string of the molecule is CCNc1ccc([C@H](CC(=O)OCc2ccccc2)c2ccc(C)c(CN3Cc4ccccc4O[C@H](C)C3)c2)c(Cl)c1N=N. The maximum absolute atomic E-state index is 13.3. The van der Waals surface area contributed by atoms with Gasteiger partial charge in [0.05, 0.1) is 17.1 Å². The number of carbonyl (C=O) groups excluding carboxylic acids is 1. The minimum absolute atomic E-state index is 0.0513. The second-order valence-corrected chi connectivity index (χ2v) is 11.7. The largest absolute Gasteiger partial charge is 0.489 e. The summed E-state index contributed by atoms with van der Waals surface area (Å²) in [6.45, 7) is 9.36. The van der Waals surface area contributed by atoms with Gasteiger partial charge in [-0.15, -0.1) is 0 Å². The molecule has 5 rings (SSSR count). The Labute approximate surface area is 264 Å². The van der Waals surface area contributed by atoms with Gasteiger partial charge >= 0.3 is 5.97 Å². The number of fused-ring (bicyclic) bond motifs is 1. The lowest BCUT2D eigenvalue weighted by molar-refractivity contribution is -0.145. The Morgan fingerprint density at radius 2 is 1.89 bits per heavy atom. The summed E-state index contributed by atoms with van der Waals surface area (Å²) in [6, 6.07) is 28.0. The molecule has 1 aliphatic heterocycles. The van der Waals surface area contributed by atoms with Crippen LogP contribution in [0, 0.1) is 12.5 Å². The number of hydrogen-bond donors (Lipinski definition) is 2. The Bertz CT molecular complexity index is 1610. The van der Waals surface area contributed by atoms with Crippen molar-refractivity contribution >= 4 is 28.9 Å². The zero-order valence-corrected chi connectivity index (χ0v) is 26.2. The number of benzene rings is 4. The van der Waals surface area contributed by atoms with E-state index in [1.54, 1.807) is 0 Å². The summed E-state index contributed by atoms with van der Waals surface area (Å²) in [7, 11) is 0. The normalized spacial score (nSPS) is 15.4. The van der Waals surface area contributed by atoms with Gasteiger partial charge in [-0.25, -0.2) is 5.53 Å². The van der Waals surface area contributed by atoms with Crippen molar-refractivity contribution in [2.45, 2.75) is 58.9 Å². The van der Waals surface area contributed by atoms with Crippen molar-refractivity contribution in [2.24, 2.45) is 5.11 Å². The van der Waals surface area contributed by atoms with Gasteiger partial charge in [-0.05, 0) is 60.7 Å². The number of carbonyl (C=O) groups is 1. The van der Waals surface area contributed by atoms with Gasteiger partial charge in [0, 0.05) is 37.7 Å². The van der Waals surface area contributed by atoms with Crippen molar-refractivity contribution < 1.29 is 14.3 Å². The lowest BCUT2D eigenvalue weighted by Crippen LogP contribution is -2.30. The van der Waals surface area contributed by atoms with Crippen LogP contribution in [0.3, 0.4) is 0 Å². The molecule has 0 unspecified atom stereocenters. The van der Waals surface area contributed by atoms with E-state index in [2.05, 4.69) is 53.4 Å². The van der Waals surface area contributed by atoms with E-state index in [0.29, 0.717) is 22.9 Å². The number of rotatable bonds is 11. The van der Waals surface area contributed by atoms with Crippen LogP contribution in [0.5, 0.6) is 5.75 Å². The number of ether oxygens (including phenoxy) is 2. The van der Waals surface area contributed by atoms with Crippen molar-refractivity contribution in [3.05, 3.63) is 123 Å². The quantitative estimate of drug-likeness (QED) is 0.131. The molecule has 4 aromatic rings. The topological polar surface area (TPSA) is 87.0 Å². The molecule has 1 heterocycles. The summed E-state index contributed by atoms with van der Waals surface area (Å²) < 4.78 is 11.9. The van der Waals surface area contributed by atoms with Gasteiger partial charge < -0.3 is 14.8 Å². The Kier molecular flexibility index (Phi) is 10.3. The maximum Gasteiger partial charge on any atom is 0.307 e. The van der Waals surface area contributed by atoms with Crippen molar-refractivity contribution in [3.63, 3.8) is 0 Å². The fourth-order valence-electron chi connectivity index (χ4n) is 5.78. The van der Waals surface area contributed by atoms with Crippen LogP contribution in [0.2, 0.25) is 5.02 Å². The predicted octanol–water partition coefficient (Wildman–Crippen LogP) is 8.79. The summed E-state index contributed by atoms with van der Waals surface area (Å²) in [6.07, 6.45) is 0.144. The Balaban J connectivity index is 1.47. The van der Waals surface area contributed by atoms with Gasteiger partial charge in [0.2, 0.25) is 0 Å². The molecule has 228 valence electrons. The van der Waals surface area contributed by atoms with Gasteiger partial charge in [-0.2, -0.15) is 5.11 Å². The second kappa shape index (κ2) is 14.5. The van der Waals surface area contributed by atoms with Gasteiger partial charge in [0.1, 0.15) is 24.1 Å². The first kappa shape index (κ1) is 31.2. The molecule has 2 atom stereocenters. The highest BCUT2D eigenvalue weighted by atomic mass is 35.5. The van der Waals surface area contributed by atoms with Crippen LogP contribution < -0.4 is 10.1 Å². The van der Waals surface area contributed by atoms with E-state index in [0.717, 1.165) is 42.1 Å². The maximum atomic E-state index is 13.3. The zero-order valence-electron chi connectivity index (χ0n) is 25.5. The number of aryl methyl sites for hydroxylation is 1. The van der Waals surface area contributed by atoms with Crippen molar-refractivity contribution in [3.8, 4) is 5.75 Å². The lowest BCUT2D eigenvalue weighted by atomic mass is 9.86. The highest BCUT2D eigenvalue weighted by Crippen LogP contribution is 2.42.